The Bertz CT molecular complexity index is 546. The van der Waals surface area contributed by atoms with Gasteiger partial charge >= 0.3 is 6.18 Å². The van der Waals surface area contributed by atoms with Crippen LogP contribution in [0.15, 0.2) is 22.8 Å². The number of hydrogen-bond donors (Lipinski definition) is 2. The summed E-state index contributed by atoms with van der Waals surface area (Å²) in [6.07, 6.45) is -1.73. The summed E-state index contributed by atoms with van der Waals surface area (Å²) < 4.78 is 41.5. The lowest BCUT2D eigenvalue weighted by Gasteiger charge is -2.31. The second-order valence-electron chi connectivity index (χ2n) is 5.76. The molecular formula is C15H20F3N3O3. The first-order valence-corrected chi connectivity index (χ1v) is 7.69. The SMILES string of the molecule is O=C(CN1CCC[C@H](C(=O)NCC(F)(F)F)C1)NCc1ccco1. The molecule has 0 unspecified atom stereocenters. The zero-order valence-electron chi connectivity index (χ0n) is 13.1. The van der Waals surface area contributed by atoms with E-state index in [1.165, 1.54) is 6.26 Å². The molecule has 2 N–H and O–H groups in total. The summed E-state index contributed by atoms with van der Waals surface area (Å²) >= 11 is 0. The number of likely N-dealkylation sites (tertiary alicyclic amines) is 1. The average Bonchev–Trinajstić information content (AvgIpc) is 3.03. The van der Waals surface area contributed by atoms with E-state index in [0.29, 0.717) is 25.1 Å². The number of nitrogens with one attached hydrogen (secondary N) is 2. The minimum atomic E-state index is -4.42. The van der Waals surface area contributed by atoms with E-state index < -0.39 is 24.5 Å². The fourth-order valence-corrected chi connectivity index (χ4v) is 2.60. The molecule has 1 atom stereocenters. The van der Waals surface area contributed by atoms with Gasteiger partial charge in [-0.05, 0) is 31.5 Å². The monoisotopic (exact) mass is 347 g/mol. The van der Waals surface area contributed by atoms with Crippen molar-refractivity contribution in [1.82, 2.24) is 15.5 Å². The second-order valence-corrected chi connectivity index (χ2v) is 5.76. The van der Waals surface area contributed by atoms with Crippen LogP contribution in [0.1, 0.15) is 18.6 Å². The molecule has 9 heteroatoms. The molecule has 1 aromatic rings. The van der Waals surface area contributed by atoms with Gasteiger partial charge in [0.05, 0.1) is 25.3 Å². The number of nitrogens with zero attached hydrogens (tertiary/aromatic N) is 1. The maximum absolute atomic E-state index is 12.1. The first kappa shape index (κ1) is 18.3. The highest BCUT2D eigenvalue weighted by Crippen LogP contribution is 2.18. The van der Waals surface area contributed by atoms with Gasteiger partial charge in [0.1, 0.15) is 12.3 Å². The molecule has 2 rings (SSSR count). The number of carbonyl (C=O) groups is 2. The number of rotatable bonds is 6. The minimum Gasteiger partial charge on any atom is -0.467 e. The van der Waals surface area contributed by atoms with Crippen LogP contribution in [0.5, 0.6) is 0 Å². The Balaban J connectivity index is 1.73. The van der Waals surface area contributed by atoms with Crippen molar-refractivity contribution in [2.45, 2.75) is 25.6 Å². The number of alkyl halides is 3. The number of piperidine rings is 1. The van der Waals surface area contributed by atoms with Crippen LogP contribution in [0.25, 0.3) is 0 Å². The van der Waals surface area contributed by atoms with E-state index in [1.807, 2.05) is 5.32 Å². The molecule has 0 bridgehead atoms. The van der Waals surface area contributed by atoms with Gasteiger partial charge in [0.25, 0.3) is 0 Å². The van der Waals surface area contributed by atoms with Gasteiger partial charge in [-0.1, -0.05) is 0 Å². The standard InChI is InChI=1S/C15H20F3N3O3/c16-15(17,18)10-20-14(23)11-3-1-5-21(8-11)9-13(22)19-7-12-4-2-6-24-12/h2,4,6,11H,1,3,5,7-10H2,(H,19,22)(H,20,23)/t11-/m0/s1. The summed E-state index contributed by atoms with van der Waals surface area (Å²) in [5.41, 5.74) is 0. The highest BCUT2D eigenvalue weighted by Gasteiger charge is 2.31. The van der Waals surface area contributed by atoms with Crippen molar-refractivity contribution in [3.8, 4) is 0 Å². The van der Waals surface area contributed by atoms with Crippen molar-refractivity contribution in [2.24, 2.45) is 5.92 Å². The summed E-state index contributed by atoms with van der Waals surface area (Å²) in [6, 6.07) is 3.46. The molecule has 1 aromatic heterocycles. The molecule has 0 spiro atoms. The van der Waals surface area contributed by atoms with E-state index in [4.69, 9.17) is 4.42 Å². The first-order chi connectivity index (χ1) is 11.3. The van der Waals surface area contributed by atoms with Crippen LogP contribution in [0.2, 0.25) is 0 Å². The molecule has 1 aliphatic heterocycles. The smallest absolute Gasteiger partial charge is 0.405 e. The number of furan rings is 1. The van der Waals surface area contributed by atoms with Gasteiger partial charge in [0.2, 0.25) is 11.8 Å². The molecule has 0 aliphatic carbocycles. The first-order valence-electron chi connectivity index (χ1n) is 7.69. The minimum absolute atomic E-state index is 0.101. The summed E-state index contributed by atoms with van der Waals surface area (Å²) in [5, 5.41) is 4.60. The zero-order valence-corrected chi connectivity index (χ0v) is 13.1. The molecule has 6 nitrogen and oxygen atoms in total. The Morgan fingerprint density at radius 2 is 2.12 bits per heavy atom. The van der Waals surface area contributed by atoms with Gasteiger partial charge in [-0.25, -0.2) is 0 Å². The quantitative estimate of drug-likeness (QED) is 0.813. The number of amides is 2. The van der Waals surface area contributed by atoms with Crippen LogP contribution in [0, 0.1) is 5.92 Å². The third kappa shape index (κ3) is 6.23. The highest BCUT2D eigenvalue weighted by atomic mass is 19.4. The summed E-state index contributed by atoms with van der Waals surface area (Å²) in [6.45, 7) is -0.0417. The number of carbonyl (C=O) groups excluding carboxylic acids is 2. The van der Waals surface area contributed by atoms with Crippen molar-refractivity contribution >= 4 is 11.8 Å². The Kier molecular flexibility index (Phi) is 6.24. The van der Waals surface area contributed by atoms with E-state index in [-0.39, 0.29) is 25.5 Å². The molecule has 2 amide bonds. The Morgan fingerprint density at radius 3 is 2.79 bits per heavy atom. The van der Waals surface area contributed by atoms with E-state index in [0.717, 1.165) is 0 Å². The average molecular weight is 347 g/mol. The van der Waals surface area contributed by atoms with Crippen molar-refractivity contribution in [3.63, 3.8) is 0 Å². The zero-order chi connectivity index (χ0) is 17.6. The molecular weight excluding hydrogens is 327 g/mol. The van der Waals surface area contributed by atoms with Crippen LogP contribution < -0.4 is 10.6 Å². The van der Waals surface area contributed by atoms with Gasteiger partial charge in [-0.15, -0.1) is 0 Å². The Hall–Kier alpha value is -2.03. The normalized spacial score (nSPS) is 19.0. The van der Waals surface area contributed by atoms with E-state index >= 15 is 0 Å². The Labute approximate surface area is 137 Å². The summed E-state index contributed by atoms with van der Waals surface area (Å²) in [4.78, 5) is 25.5. The highest BCUT2D eigenvalue weighted by molar-refractivity contribution is 5.80. The van der Waals surface area contributed by atoms with Gasteiger partial charge in [0.15, 0.2) is 0 Å². The third-order valence-corrected chi connectivity index (χ3v) is 3.75. The Morgan fingerprint density at radius 1 is 1.33 bits per heavy atom. The van der Waals surface area contributed by atoms with E-state index in [1.54, 1.807) is 17.0 Å². The van der Waals surface area contributed by atoms with Crippen LogP contribution in [0.3, 0.4) is 0 Å². The van der Waals surface area contributed by atoms with Gasteiger partial charge in [0, 0.05) is 6.54 Å². The summed E-state index contributed by atoms with van der Waals surface area (Å²) in [5.74, 6) is -0.735. The molecule has 1 saturated heterocycles. The van der Waals surface area contributed by atoms with Crippen LogP contribution in [-0.2, 0) is 16.1 Å². The largest absolute Gasteiger partial charge is 0.467 e. The van der Waals surface area contributed by atoms with Crippen LogP contribution in [0.4, 0.5) is 13.2 Å². The molecule has 0 saturated carbocycles. The van der Waals surface area contributed by atoms with Gasteiger partial charge in [-0.3, -0.25) is 14.5 Å². The van der Waals surface area contributed by atoms with Crippen molar-refractivity contribution in [3.05, 3.63) is 24.2 Å². The molecule has 2 heterocycles. The predicted molar refractivity (Wildman–Crippen MR) is 78.8 cm³/mol. The van der Waals surface area contributed by atoms with Crippen molar-refractivity contribution in [2.75, 3.05) is 26.2 Å². The fourth-order valence-electron chi connectivity index (χ4n) is 2.60. The number of halogens is 3. The van der Waals surface area contributed by atoms with Crippen LogP contribution >= 0.6 is 0 Å². The lowest BCUT2D eigenvalue weighted by Crippen LogP contribution is -2.47. The molecule has 24 heavy (non-hydrogen) atoms. The lowest BCUT2D eigenvalue weighted by molar-refractivity contribution is -0.142. The van der Waals surface area contributed by atoms with Crippen LogP contribution in [-0.4, -0.2) is 49.1 Å². The third-order valence-electron chi connectivity index (χ3n) is 3.75. The lowest BCUT2D eigenvalue weighted by atomic mass is 9.97. The predicted octanol–water partition coefficient (Wildman–Crippen LogP) is 1.29. The summed E-state index contributed by atoms with van der Waals surface area (Å²) in [7, 11) is 0. The van der Waals surface area contributed by atoms with Crippen molar-refractivity contribution < 1.29 is 27.2 Å². The second kappa shape index (κ2) is 8.18. The topological polar surface area (TPSA) is 74.6 Å². The van der Waals surface area contributed by atoms with Crippen molar-refractivity contribution in [1.29, 1.82) is 0 Å². The van der Waals surface area contributed by atoms with Gasteiger partial charge < -0.3 is 15.1 Å². The van der Waals surface area contributed by atoms with E-state index in [2.05, 4.69) is 5.32 Å². The molecule has 1 fully saturated rings. The fraction of sp³-hybridized carbons (Fsp3) is 0.600. The molecule has 0 aromatic carbocycles. The molecule has 134 valence electrons. The maximum Gasteiger partial charge on any atom is 0.405 e. The van der Waals surface area contributed by atoms with E-state index in [9.17, 15) is 22.8 Å². The number of hydrogen-bond acceptors (Lipinski definition) is 4. The maximum atomic E-state index is 12.1. The molecule has 0 radical (unpaired) electrons. The van der Waals surface area contributed by atoms with Gasteiger partial charge in [-0.2, -0.15) is 13.2 Å². The molecule has 1 aliphatic rings.